The van der Waals surface area contributed by atoms with Crippen molar-refractivity contribution < 1.29 is 9.90 Å². The molecular formula is C13H20N2O3S. The summed E-state index contributed by atoms with van der Waals surface area (Å²) in [6, 6.07) is 0.491. The summed E-state index contributed by atoms with van der Waals surface area (Å²) in [5, 5.41) is 8.65. The van der Waals surface area contributed by atoms with E-state index in [1.807, 2.05) is 0 Å². The van der Waals surface area contributed by atoms with Gasteiger partial charge in [-0.15, -0.1) is 0 Å². The molecule has 1 aliphatic heterocycles. The third-order valence-corrected chi connectivity index (χ3v) is 4.57. The van der Waals surface area contributed by atoms with Crippen LogP contribution in [0.1, 0.15) is 37.3 Å². The molecule has 6 heteroatoms. The first-order chi connectivity index (χ1) is 8.99. The number of nitrogens with zero attached hydrogens (tertiary/aromatic N) is 2. The van der Waals surface area contributed by atoms with E-state index in [4.69, 9.17) is 5.11 Å². The van der Waals surface area contributed by atoms with E-state index in [-0.39, 0.29) is 11.3 Å². The maximum absolute atomic E-state index is 12.0. The molecule has 0 radical (unpaired) electrons. The molecule has 2 rings (SSSR count). The molecule has 1 aromatic rings. The van der Waals surface area contributed by atoms with E-state index in [0.717, 1.165) is 30.1 Å². The molecule has 5 nitrogen and oxygen atoms in total. The van der Waals surface area contributed by atoms with E-state index < -0.39 is 5.97 Å². The molecular weight excluding hydrogens is 264 g/mol. The normalized spacial score (nSPS) is 15.7. The van der Waals surface area contributed by atoms with Crippen LogP contribution in [0.2, 0.25) is 0 Å². The predicted octanol–water partition coefficient (Wildman–Crippen LogP) is 1.54. The summed E-state index contributed by atoms with van der Waals surface area (Å²) in [6.07, 6.45) is 1.53. The lowest BCUT2D eigenvalue weighted by Gasteiger charge is -2.30. The van der Waals surface area contributed by atoms with E-state index in [2.05, 4.69) is 18.7 Å². The average molecular weight is 284 g/mol. The Labute approximate surface area is 116 Å². The van der Waals surface area contributed by atoms with Crippen molar-refractivity contribution in [2.75, 3.05) is 6.54 Å². The highest BCUT2D eigenvalue weighted by Crippen LogP contribution is 2.23. The number of aliphatic carboxylic acids is 1. The minimum Gasteiger partial charge on any atom is -0.481 e. The number of hydrogen-bond donors (Lipinski definition) is 1. The Hall–Kier alpha value is -1.14. The number of aromatic nitrogens is 1. The zero-order valence-electron chi connectivity index (χ0n) is 11.4. The molecule has 0 spiro atoms. The van der Waals surface area contributed by atoms with Crippen LogP contribution < -0.4 is 4.87 Å². The largest absolute Gasteiger partial charge is 0.481 e. The van der Waals surface area contributed by atoms with E-state index in [9.17, 15) is 9.59 Å². The molecule has 19 heavy (non-hydrogen) atoms. The van der Waals surface area contributed by atoms with Gasteiger partial charge >= 0.3 is 10.8 Å². The second-order valence-corrected chi connectivity index (χ2v) is 6.25. The minimum atomic E-state index is -0.803. The van der Waals surface area contributed by atoms with E-state index >= 15 is 0 Å². The lowest BCUT2D eigenvalue weighted by atomic mass is 10.1. The molecule has 0 atom stereocenters. The van der Waals surface area contributed by atoms with Crippen LogP contribution in [0.25, 0.3) is 0 Å². The van der Waals surface area contributed by atoms with Crippen LogP contribution in [0.5, 0.6) is 0 Å². The van der Waals surface area contributed by atoms with Crippen molar-refractivity contribution in [3.63, 3.8) is 0 Å². The molecule has 1 aromatic heterocycles. The highest BCUT2D eigenvalue weighted by atomic mass is 32.1. The number of carbonyl (C=O) groups is 1. The molecule has 0 aromatic carbocycles. The highest BCUT2D eigenvalue weighted by molar-refractivity contribution is 7.09. The highest BCUT2D eigenvalue weighted by Gasteiger charge is 2.23. The van der Waals surface area contributed by atoms with Crippen LogP contribution in [-0.4, -0.2) is 33.1 Å². The van der Waals surface area contributed by atoms with Crippen molar-refractivity contribution in [1.29, 1.82) is 0 Å². The summed E-state index contributed by atoms with van der Waals surface area (Å²) in [6.45, 7) is 6.67. The standard InChI is InChI=1S/C13H20N2O3S/c1-9(2)14-7-5-10-11(8-14)19-13(18)15(10)6-3-4-12(16)17/h9H,3-8H2,1-2H3,(H,16,17). The van der Waals surface area contributed by atoms with Gasteiger partial charge in [-0.2, -0.15) is 0 Å². The lowest BCUT2D eigenvalue weighted by Crippen LogP contribution is -2.36. The van der Waals surface area contributed by atoms with Crippen LogP contribution >= 0.6 is 11.3 Å². The van der Waals surface area contributed by atoms with E-state index in [1.54, 1.807) is 4.57 Å². The fourth-order valence-corrected chi connectivity index (χ4v) is 3.53. The van der Waals surface area contributed by atoms with Crippen molar-refractivity contribution in [2.24, 2.45) is 0 Å². The molecule has 0 amide bonds. The fraction of sp³-hybridized carbons (Fsp3) is 0.692. The Balaban J connectivity index is 2.11. The fourth-order valence-electron chi connectivity index (χ4n) is 2.45. The topological polar surface area (TPSA) is 62.5 Å². The van der Waals surface area contributed by atoms with Gasteiger partial charge in [-0.1, -0.05) is 11.3 Å². The Morgan fingerprint density at radius 2 is 2.21 bits per heavy atom. The predicted molar refractivity (Wildman–Crippen MR) is 74.7 cm³/mol. The Morgan fingerprint density at radius 1 is 1.47 bits per heavy atom. The maximum Gasteiger partial charge on any atom is 0.307 e. The molecule has 0 fully saturated rings. The number of carboxylic acid groups (broad SMARTS) is 1. The maximum atomic E-state index is 12.0. The smallest absolute Gasteiger partial charge is 0.307 e. The van der Waals surface area contributed by atoms with Gasteiger partial charge in [0.15, 0.2) is 0 Å². The summed E-state index contributed by atoms with van der Waals surface area (Å²) in [7, 11) is 0. The van der Waals surface area contributed by atoms with Gasteiger partial charge in [-0.3, -0.25) is 14.5 Å². The van der Waals surface area contributed by atoms with Gasteiger partial charge in [-0.25, -0.2) is 0 Å². The number of rotatable bonds is 5. The van der Waals surface area contributed by atoms with E-state index in [0.29, 0.717) is 19.0 Å². The summed E-state index contributed by atoms with van der Waals surface area (Å²) in [5.74, 6) is -0.803. The van der Waals surface area contributed by atoms with Gasteiger partial charge in [0.2, 0.25) is 0 Å². The van der Waals surface area contributed by atoms with E-state index in [1.165, 1.54) is 11.3 Å². The first-order valence-corrected chi connectivity index (χ1v) is 7.48. The lowest BCUT2D eigenvalue weighted by molar-refractivity contribution is -0.137. The first kappa shape index (κ1) is 14.3. The average Bonchev–Trinajstić information content (AvgIpc) is 2.64. The molecule has 0 saturated carbocycles. The van der Waals surface area contributed by atoms with Gasteiger partial charge in [0.25, 0.3) is 0 Å². The van der Waals surface area contributed by atoms with Gasteiger partial charge in [-0.05, 0) is 20.3 Å². The summed E-state index contributed by atoms with van der Waals surface area (Å²) in [5.41, 5.74) is 1.12. The molecule has 0 unspecified atom stereocenters. The number of thiazole rings is 1. The molecule has 0 aliphatic carbocycles. The monoisotopic (exact) mass is 284 g/mol. The Bertz CT molecular complexity index is 518. The third kappa shape index (κ3) is 3.25. The van der Waals surface area contributed by atoms with Crippen molar-refractivity contribution in [3.8, 4) is 0 Å². The molecule has 1 aliphatic rings. The van der Waals surface area contributed by atoms with Gasteiger partial charge in [0.05, 0.1) is 0 Å². The summed E-state index contributed by atoms with van der Waals surface area (Å²) < 4.78 is 1.78. The minimum absolute atomic E-state index is 0.0565. The van der Waals surface area contributed by atoms with Gasteiger partial charge in [0.1, 0.15) is 0 Å². The summed E-state index contributed by atoms with van der Waals surface area (Å²) >= 11 is 1.32. The van der Waals surface area contributed by atoms with Crippen LogP contribution in [0.3, 0.4) is 0 Å². The zero-order chi connectivity index (χ0) is 14.0. The molecule has 0 saturated heterocycles. The molecule has 106 valence electrons. The van der Waals surface area contributed by atoms with Crippen molar-refractivity contribution in [2.45, 2.75) is 52.2 Å². The first-order valence-electron chi connectivity index (χ1n) is 6.66. The molecule has 1 N–H and O–H groups in total. The van der Waals surface area contributed by atoms with Gasteiger partial charge < -0.3 is 9.67 Å². The van der Waals surface area contributed by atoms with Crippen LogP contribution in [0.4, 0.5) is 0 Å². The second-order valence-electron chi connectivity index (χ2n) is 5.20. The Morgan fingerprint density at radius 3 is 2.84 bits per heavy atom. The van der Waals surface area contributed by atoms with Crippen molar-refractivity contribution in [3.05, 3.63) is 20.2 Å². The quantitative estimate of drug-likeness (QED) is 0.891. The SMILES string of the molecule is CC(C)N1CCc2c(sc(=O)n2CCCC(=O)O)C1. The molecule has 2 heterocycles. The van der Waals surface area contributed by atoms with Crippen LogP contribution in [0, 0.1) is 0 Å². The van der Waals surface area contributed by atoms with Crippen molar-refractivity contribution >= 4 is 17.3 Å². The summed E-state index contributed by atoms with van der Waals surface area (Å²) in [4.78, 5) is 26.1. The Kier molecular flexibility index (Phi) is 4.42. The third-order valence-electron chi connectivity index (χ3n) is 3.56. The zero-order valence-corrected chi connectivity index (χ0v) is 12.2. The second kappa shape index (κ2) is 5.88. The number of carboxylic acids is 1. The molecule has 0 bridgehead atoms. The van der Waals surface area contributed by atoms with Crippen molar-refractivity contribution in [1.82, 2.24) is 9.47 Å². The number of fused-ring (bicyclic) bond motifs is 1. The van der Waals surface area contributed by atoms with Crippen LogP contribution in [-0.2, 0) is 24.3 Å². The van der Waals surface area contributed by atoms with Crippen LogP contribution in [0.15, 0.2) is 4.79 Å². The van der Waals surface area contributed by atoms with Gasteiger partial charge in [0, 0.05) is 49.1 Å². The number of hydrogen-bond acceptors (Lipinski definition) is 4.